The molecule has 2 aliphatic heterocycles. The van der Waals surface area contributed by atoms with E-state index >= 15 is 0 Å². The predicted molar refractivity (Wildman–Crippen MR) is 56.3 cm³/mol. The number of rotatable bonds is 1. The van der Waals surface area contributed by atoms with Gasteiger partial charge < -0.3 is 0 Å². The maximum absolute atomic E-state index is 12.0. The van der Waals surface area contributed by atoms with E-state index in [1.807, 2.05) is 17.0 Å². The molecule has 1 atom stereocenters. The molecule has 2 fully saturated rings. The molecule has 3 rings (SSSR count). The van der Waals surface area contributed by atoms with Crippen LogP contribution in [0.2, 0.25) is 0 Å². The molecule has 0 aliphatic carbocycles. The quantitative estimate of drug-likeness (QED) is 0.679. The molecule has 0 N–H and O–H groups in total. The van der Waals surface area contributed by atoms with Crippen LogP contribution >= 0.6 is 0 Å². The average molecular weight is 203 g/mol. The first kappa shape index (κ1) is 8.85. The number of fused-ring (bicyclic) bond motifs is 1. The Labute approximate surface area is 88.5 Å². The third-order valence-electron chi connectivity index (χ3n) is 3.20. The van der Waals surface area contributed by atoms with Crippen molar-refractivity contribution in [3.63, 3.8) is 0 Å². The van der Waals surface area contributed by atoms with E-state index in [2.05, 4.69) is 9.88 Å². The number of hydrogen-bond donors (Lipinski definition) is 0. The minimum Gasteiger partial charge on any atom is -0.296 e. The van der Waals surface area contributed by atoms with E-state index in [1.54, 1.807) is 12.4 Å². The molecule has 0 aromatic carbocycles. The van der Waals surface area contributed by atoms with Crippen molar-refractivity contribution in [2.24, 2.45) is 0 Å². The molecule has 0 bridgehead atoms. The van der Waals surface area contributed by atoms with Gasteiger partial charge in [-0.05, 0) is 25.0 Å². The van der Waals surface area contributed by atoms with Crippen LogP contribution in [0.4, 0.5) is 5.69 Å². The van der Waals surface area contributed by atoms with Crippen molar-refractivity contribution in [3.05, 3.63) is 24.5 Å². The van der Waals surface area contributed by atoms with Crippen molar-refractivity contribution < 1.29 is 4.79 Å². The van der Waals surface area contributed by atoms with Gasteiger partial charge in [-0.25, -0.2) is 0 Å². The molecule has 2 aliphatic rings. The topological polar surface area (TPSA) is 36.4 Å². The van der Waals surface area contributed by atoms with Crippen molar-refractivity contribution in [2.45, 2.75) is 18.9 Å². The Morgan fingerprint density at radius 1 is 1.47 bits per heavy atom. The maximum Gasteiger partial charge on any atom is 0.245 e. The minimum atomic E-state index is 0.130. The Balaban J connectivity index is 1.88. The van der Waals surface area contributed by atoms with E-state index < -0.39 is 0 Å². The van der Waals surface area contributed by atoms with Crippen LogP contribution < -0.4 is 4.90 Å². The number of pyridine rings is 1. The number of aromatic nitrogens is 1. The molecule has 3 heterocycles. The van der Waals surface area contributed by atoms with Crippen molar-refractivity contribution in [2.75, 3.05) is 18.1 Å². The highest BCUT2D eigenvalue weighted by molar-refractivity contribution is 5.99. The van der Waals surface area contributed by atoms with E-state index in [4.69, 9.17) is 0 Å². The lowest BCUT2D eigenvalue weighted by molar-refractivity contribution is -0.119. The van der Waals surface area contributed by atoms with Crippen LogP contribution in [0.1, 0.15) is 12.8 Å². The smallest absolute Gasteiger partial charge is 0.245 e. The van der Waals surface area contributed by atoms with Crippen molar-refractivity contribution >= 4 is 11.6 Å². The van der Waals surface area contributed by atoms with Gasteiger partial charge in [-0.2, -0.15) is 0 Å². The zero-order chi connectivity index (χ0) is 10.3. The van der Waals surface area contributed by atoms with Gasteiger partial charge in [0, 0.05) is 12.7 Å². The highest BCUT2D eigenvalue weighted by Crippen LogP contribution is 2.28. The molecule has 1 amide bonds. The number of hydrogen-bond acceptors (Lipinski definition) is 3. The Bertz CT molecular complexity index is 379. The van der Waals surface area contributed by atoms with Gasteiger partial charge in [0.05, 0.1) is 24.6 Å². The van der Waals surface area contributed by atoms with Crippen LogP contribution in [0.3, 0.4) is 0 Å². The molecule has 1 aromatic heterocycles. The summed E-state index contributed by atoms with van der Waals surface area (Å²) in [7, 11) is 0. The number of anilines is 1. The first-order valence-corrected chi connectivity index (χ1v) is 5.32. The second-order valence-corrected chi connectivity index (χ2v) is 4.09. The molecular weight excluding hydrogens is 190 g/mol. The van der Waals surface area contributed by atoms with Gasteiger partial charge in [-0.1, -0.05) is 0 Å². The Morgan fingerprint density at radius 3 is 3.13 bits per heavy atom. The van der Waals surface area contributed by atoms with Crippen molar-refractivity contribution in [3.8, 4) is 0 Å². The fourth-order valence-corrected chi connectivity index (χ4v) is 2.43. The molecule has 0 saturated carbocycles. The molecular formula is C11H13N3O. The van der Waals surface area contributed by atoms with E-state index in [0.29, 0.717) is 0 Å². The molecule has 2 saturated heterocycles. The average Bonchev–Trinajstić information content (AvgIpc) is 2.83. The number of nitrogens with zero attached hydrogens (tertiary/aromatic N) is 3. The minimum absolute atomic E-state index is 0.130. The molecule has 4 heteroatoms. The Kier molecular flexibility index (Phi) is 1.95. The monoisotopic (exact) mass is 203 g/mol. The van der Waals surface area contributed by atoms with E-state index in [9.17, 15) is 4.79 Å². The summed E-state index contributed by atoms with van der Waals surface area (Å²) >= 11 is 0. The fraction of sp³-hybridized carbons (Fsp3) is 0.455. The van der Waals surface area contributed by atoms with Gasteiger partial charge in [0.2, 0.25) is 5.91 Å². The van der Waals surface area contributed by atoms with Gasteiger partial charge in [0.25, 0.3) is 0 Å². The summed E-state index contributed by atoms with van der Waals surface area (Å²) < 4.78 is 0. The third-order valence-corrected chi connectivity index (χ3v) is 3.20. The summed E-state index contributed by atoms with van der Waals surface area (Å²) in [6.07, 6.45) is 5.64. The predicted octanol–water partition coefficient (Wildman–Crippen LogP) is 0.850. The van der Waals surface area contributed by atoms with E-state index in [0.717, 1.165) is 31.7 Å². The lowest BCUT2D eigenvalue weighted by Crippen LogP contribution is -2.29. The third kappa shape index (κ3) is 1.33. The Morgan fingerprint density at radius 2 is 2.40 bits per heavy atom. The molecule has 78 valence electrons. The van der Waals surface area contributed by atoms with Crippen LogP contribution in [-0.2, 0) is 4.79 Å². The van der Waals surface area contributed by atoms with Crippen LogP contribution in [0, 0.1) is 0 Å². The standard InChI is InChI=1S/C11H13N3O/c15-11-10-4-2-6-13(10)8-14(11)9-3-1-5-12-7-9/h1,3,5,7,10H,2,4,6,8H2. The summed E-state index contributed by atoms with van der Waals surface area (Å²) in [6, 6.07) is 3.93. The van der Waals surface area contributed by atoms with Gasteiger partial charge in [-0.15, -0.1) is 0 Å². The zero-order valence-corrected chi connectivity index (χ0v) is 8.47. The van der Waals surface area contributed by atoms with Crippen molar-refractivity contribution in [1.82, 2.24) is 9.88 Å². The number of amides is 1. The number of carbonyl (C=O) groups excluding carboxylic acids is 1. The lowest BCUT2D eigenvalue weighted by atomic mass is 10.2. The van der Waals surface area contributed by atoms with E-state index in [-0.39, 0.29) is 11.9 Å². The van der Waals surface area contributed by atoms with Crippen LogP contribution in [0.15, 0.2) is 24.5 Å². The van der Waals surface area contributed by atoms with Crippen molar-refractivity contribution in [1.29, 1.82) is 0 Å². The summed E-state index contributed by atoms with van der Waals surface area (Å²) in [4.78, 5) is 20.2. The van der Waals surface area contributed by atoms with Gasteiger partial charge in [0.15, 0.2) is 0 Å². The first-order valence-electron chi connectivity index (χ1n) is 5.32. The van der Waals surface area contributed by atoms with Crippen LogP contribution in [0.25, 0.3) is 0 Å². The molecule has 15 heavy (non-hydrogen) atoms. The molecule has 0 radical (unpaired) electrons. The molecule has 0 spiro atoms. The summed E-state index contributed by atoms with van der Waals surface area (Å²) in [5.41, 5.74) is 0.914. The molecule has 1 aromatic rings. The largest absolute Gasteiger partial charge is 0.296 e. The van der Waals surface area contributed by atoms with E-state index in [1.165, 1.54) is 0 Å². The SMILES string of the molecule is O=C1C2CCCN2CN1c1cccnc1. The summed E-state index contributed by atoms with van der Waals surface area (Å²) in [5, 5.41) is 0. The summed E-state index contributed by atoms with van der Waals surface area (Å²) in [6.45, 7) is 1.78. The highest BCUT2D eigenvalue weighted by Gasteiger charge is 2.41. The second kappa shape index (κ2) is 3.31. The fourth-order valence-electron chi connectivity index (χ4n) is 2.43. The Hall–Kier alpha value is -1.42. The van der Waals surface area contributed by atoms with Gasteiger partial charge >= 0.3 is 0 Å². The van der Waals surface area contributed by atoms with Crippen LogP contribution in [0.5, 0.6) is 0 Å². The lowest BCUT2D eigenvalue weighted by Gasteiger charge is -2.16. The maximum atomic E-state index is 12.0. The van der Waals surface area contributed by atoms with Gasteiger partial charge in [-0.3, -0.25) is 19.6 Å². The van der Waals surface area contributed by atoms with Gasteiger partial charge in [0.1, 0.15) is 0 Å². The molecule has 1 unspecified atom stereocenters. The zero-order valence-electron chi connectivity index (χ0n) is 8.47. The number of carbonyl (C=O) groups is 1. The second-order valence-electron chi connectivity index (χ2n) is 4.09. The normalized spacial score (nSPS) is 26.0. The highest BCUT2D eigenvalue weighted by atomic mass is 16.2. The summed E-state index contributed by atoms with van der Waals surface area (Å²) in [5.74, 6) is 0.237. The first-order chi connectivity index (χ1) is 7.36. The molecule has 4 nitrogen and oxygen atoms in total. The van der Waals surface area contributed by atoms with Crippen LogP contribution in [-0.4, -0.2) is 35.0 Å².